The molecule has 5 nitrogen and oxygen atoms in total. The highest BCUT2D eigenvalue weighted by Crippen LogP contribution is 2.19. The molecular weight excluding hydrogens is 154 g/mol. The van der Waals surface area contributed by atoms with Crippen LogP contribution in [0.4, 0.5) is 0 Å². The number of fused-ring (bicyclic) bond motifs is 1. The first kappa shape index (κ1) is 7.70. The van der Waals surface area contributed by atoms with E-state index in [0.29, 0.717) is 12.4 Å². The van der Waals surface area contributed by atoms with Gasteiger partial charge in [-0.3, -0.25) is 0 Å². The van der Waals surface area contributed by atoms with Gasteiger partial charge in [0.05, 0.1) is 12.6 Å². The molecule has 1 aromatic rings. The number of nitrogens with zero attached hydrogens (tertiary/aromatic N) is 3. The third kappa shape index (κ3) is 1.11. The molecule has 1 atom stereocenters. The van der Waals surface area contributed by atoms with Crippen LogP contribution in [0.15, 0.2) is 0 Å². The maximum Gasteiger partial charge on any atom is 0.164 e. The average Bonchev–Trinajstić information content (AvgIpc) is 2.49. The number of hydrogen-bond acceptors (Lipinski definition) is 4. The summed E-state index contributed by atoms with van der Waals surface area (Å²) in [5, 5.41) is 4.22. The van der Waals surface area contributed by atoms with Crippen LogP contribution in [-0.4, -0.2) is 14.8 Å². The fourth-order valence-corrected chi connectivity index (χ4v) is 1.52. The van der Waals surface area contributed by atoms with Crippen LogP contribution in [0, 0.1) is 0 Å². The van der Waals surface area contributed by atoms with Gasteiger partial charge in [0, 0.05) is 6.54 Å². The molecule has 0 spiro atoms. The summed E-state index contributed by atoms with van der Waals surface area (Å²) in [6.07, 6.45) is 2.09. The third-order valence-corrected chi connectivity index (χ3v) is 2.14. The predicted molar refractivity (Wildman–Crippen MR) is 44.1 cm³/mol. The topological polar surface area (TPSA) is 82.8 Å². The average molecular weight is 167 g/mol. The fourth-order valence-electron chi connectivity index (χ4n) is 1.52. The second-order valence-corrected chi connectivity index (χ2v) is 3.06. The number of hydrogen-bond donors (Lipinski definition) is 2. The second kappa shape index (κ2) is 2.84. The van der Waals surface area contributed by atoms with E-state index in [-0.39, 0.29) is 6.04 Å². The molecule has 1 aliphatic rings. The molecule has 0 saturated heterocycles. The quantitative estimate of drug-likeness (QED) is 0.592. The summed E-state index contributed by atoms with van der Waals surface area (Å²) in [5.74, 6) is 1.59. The molecule has 5 heteroatoms. The lowest BCUT2D eigenvalue weighted by Gasteiger charge is -2.17. The normalized spacial score (nSPS) is 22.3. The molecule has 0 saturated carbocycles. The highest BCUT2D eigenvalue weighted by atomic mass is 15.4. The Kier molecular flexibility index (Phi) is 1.82. The highest BCUT2D eigenvalue weighted by Gasteiger charge is 2.20. The number of rotatable bonds is 1. The van der Waals surface area contributed by atoms with Crippen LogP contribution in [0.25, 0.3) is 0 Å². The molecule has 12 heavy (non-hydrogen) atoms. The lowest BCUT2D eigenvalue weighted by atomic mass is 10.1. The van der Waals surface area contributed by atoms with E-state index in [1.807, 2.05) is 4.68 Å². The molecule has 2 rings (SSSR count). The van der Waals surface area contributed by atoms with E-state index in [1.165, 1.54) is 0 Å². The zero-order valence-electron chi connectivity index (χ0n) is 6.90. The molecule has 0 aromatic carbocycles. The molecule has 66 valence electrons. The second-order valence-electron chi connectivity index (χ2n) is 3.06. The van der Waals surface area contributed by atoms with Gasteiger partial charge < -0.3 is 11.5 Å². The van der Waals surface area contributed by atoms with Crippen LogP contribution in [0.1, 0.15) is 30.5 Å². The van der Waals surface area contributed by atoms with Gasteiger partial charge in [0.2, 0.25) is 0 Å². The van der Waals surface area contributed by atoms with Crippen molar-refractivity contribution in [3.63, 3.8) is 0 Å². The van der Waals surface area contributed by atoms with E-state index in [1.54, 1.807) is 0 Å². The van der Waals surface area contributed by atoms with Gasteiger partial charge >= 0.3 is 0 Å². The summed E-state index contributed by atoms with van der Waals surface area (Å²) in [4.78, 5) is 4.25. The van der Waals surface area contributed by atoms with Gasteiger partial charge in [-0.1, -0.05) is 0 Å². The van der Waals surface area contributed by atoms with Gasteiger partial charge in [-0.05, 0) is 12.8 Å². The number of aryl methyl sites for hydroxylation is 1. The summed E-state index contributed by atoms with van der Waals surface area (Å²) in [7, 11) is 0. The Morgan fingerprint density at radius 3 is 3.08 bits per heavy atom. The smallest absolute Gasteiger partial charge is 0.164 e. The fraction of sp³-hybridized carbons (Fsp3) is 0.714. The standard InChI is InChI=1S/C7H13N5/c8-4-6-10-7-5(9)2-1-3-12(7)11-6/h5H,1-4,8-9H2. The molecule has 0 radical (unpaired) electrons. The zero-order chi connectivity index (χ0) is 8.55. The van der Waals surface area contributed by atoms with E-state index >= 15 is 0 Å². The first-order valence-corrected chi connectivity index (χ1v) is 4.20. The molecule has 0 aliphatic carbocycles. The summed E-state index contributed by atoms with van der Waals surface area (Å²) in [5.41, 5.74) is 11.3. The van der Waals surface area contributed by atoms with Crippen molar-refractivity contribution in [2.45, 2.75) is 32.0 Å². The van der Waals surface area contributed by atoms with Crippen LogP contribution in [0.5, 0.6) is 0 Å². The molecule has 1 aromatic heterocycles. The van der Waals surface area contributed by atoms with E-state index in [2.05, 4.69) is 10.1 Å². The van der Waals surface area contributed by atoms with Crippen molar-refractivity contribution in [1.29, 1.82) is 0 Å². The third-order valence-electron chi connectivity index (χ3n) is 2.14. The Balaban J connectivity index is 2.37. The minimum atomic E-state index is 0.0477. The summed E-state index contributed by atoms with van der Waals surface area (Å²) < 4.78 is 1.87. The van der Waals surface area contributed by atoms with Crippen LogP contribution in [0.2, 0.25) is 0 Å². The van der Waals surface area contributed by atoms with Crippen molar-refractivity contribution < 1.29 is 0 Å². The van der Waals surface area contributed by atoms with Crippen molar-refractivity contribution in [3.8, 4) is 0 Å². The Labute approximate surface area is 70.8 Å². The van der Waals surface area contributed by atoms with E-state index in [4.69, 9.17) is 11.5 Å². The molecule has 1 aliphatic heterocycles. The van der Waals surface area contributed by atoms with Crippen LogP contribution in [-0.2, 0) is 13.1 Å². The maximum atomic E-state index is 5.85. The highest BCUT2D eigenvalue weighted by molar-refractivity contribution is 5.00. The summed E-state index contributed by atoms with van der Waals surface area (Å²) in [6.45, 7) is 1.32. The lowest BCUT2D eigenvalue weighted by Crippen LogP contribution is -2.22. The van der Waals surface area contributed by atoms with Gasteiger partial charge in [0.25, 0.3) is 0 Å². The van der Waals surface area contributed by atoms with Crippen LogP contribution >= 0.6 is 0 Å². The number of nitrogens with two attached hydrogens (primary N) is 2. The summed E-state index contributed by atoms with van der Waals surface area (Å²) in [6, 6.07) is 0.0477. The van der Waals surface area contributed by atoms with Gasteiger partial charge in [-0.15, -0.1) is 0 Å². The first-order chi connectivity index (χ1) is 5.81. The predicted octanol–water partition coefficient (Wildman–Crippen LogP) is -0.470. The molecule has 0 fully saturated rings. The minimum absolute atomic E-state index is 0.0477. The lowest BCUT2D eigenvalue weighted by molar-refractivity contribution is 0.421. The number of aromatic nitrogens is 3. The SMILES string of the molecule is NCc1nc2n(n1)CCCC2N. The molecular formula is C7H13N5. The van der Waals surface area contributed by atoms with Gasteiger partial charge in [-0.2, -0.15) is 5.10 Å². The monoisotopic (exact) mass is 167 g/mol. The minimum Gasteiger partial charge on any atom is -0.324 e. The van der Waals surface area contributed by atoms with Crippen molar-refractivity contribution in [2.75, 3.05) is 0 Å². The van der Waals surface area contributed by atoms with E-state index in [9.17, 15) is 0 Å². The molecule has 0 amide bonds. The van der Waals surface area contributed by atoms with Crippen molar-refractivity contribution in [1.82, 2.24) is 14.8 Å². The molecule has 0 bridgehead atoms. The van der Waals surface area contributed by atoms with E-state index in [0.717, 1.165) is 25.2 Å². The largest absolute Gasteiger partial charge is 0.324 e. The van der Waals surface area contributed by atoms with Gasteiger partial charge in [0.1, 0.15) is 5.82 Å². The van der Waals surface area contributed by atoms with Crippen LogP contribution in [0.3, 0.4) is 0 Å². The van der Waals surface area contributed by atoms with Crippen molar-refractivity contribution in [2.24, 2.45) is 11.5 Å². The Morgan fingerprint density at radius 1 is 1.58 bits per heavy atom. The van der Waals surface area contributed by atoms with Crippen molar-refractivity contribution in [3.05, 3.63) is 11.6 Å². The molecule has 4 N–H and O–H groups in total. The van der Waals surface area contributed by atoms with Crippen molar-refractivity contribution >= 4 is 0 Å². The van der Waals surface area contributed by atoms with Gasteiger partial charge in [-0.25, -0.2) is 9.67 Å². The maximum absolute atomic E-state index is 5.85. The van der Waals surface area contributed by atoms with Gasteiger partial charge in [0.15, 0.2) is 5.82 Å². The van der Waals surface area contributed by atoms with E-state index < -0.39 is 0 Å². The Morgan fingerprint density at radius 2 is 2.42 bits per heavy atom. The Bertz CT molecular complexity index is 279. The van der Waals surface area contributed by atoms with Crippen LogP contribution < -0.4 is 11.5 Å². The molecule has 1 unspecified atom stereocenters. The zero-order valence-corrected chi connectivity index (χ0v) is 6.90. The Hall–Kier alpha value is -0.940. The first-order valence-electron chi connectivity index (χ1n) is 4.20. The molecule has 2 heterocycles. The summed E-state index contributed by atoms with van der Waals surface area (Å²) >= 11 is 0.